The van der Waals surface area contributed by atoms with Crippen LogP contribution in [-0.4, -0.2) is 24.7 Å². The Hall–Kier alpha value is -0.510. The van der Waals surface area contributed by atoms with Crippen molar-refractivity contribution in [2.75, 3.05) is 19.4 Å². The molecule has 1 heterocycles. The van der Waals surface area contributed by atoms with Gasteiger partial charge in [-0.25, -0.2) is 0 Å². The van der Waals surface area contributed by atoms with Crippen LogP contribution in [0.5, 0.6) is 0 Å². The van der Waals surface area contributed by atoms with Crippen molar-refractivity contribution in [3.8, 4) is 0 Å². The minimum Gasteiger partial charge on any atom is -0.380 e. The van der Waals surface area contributed by atoms with E-state index in [4.69, 9.17) is 4.74 Å². The first-order valence-electron chi connectivity index (χ1n) is 6.78. The summed E-state index contributed by atoms with van der Waals surface area (Å²) in [6.45, 7) is 2.79. The molecule has 1 aliphatic rings. The van der Waals surface area contributed by atoms with E-state index in [0.717, 1.165) is 18.3 Å². The number of hydrogen-bond donors (Lipinski definition) is 1. The fourth-order valence-electron chi connectivity index (χ4n) is 2.36. The molecule has 2 rings (SSSR count). The van der Waals surface area contributed by atoms with Crippen LogP contribution in [0.2, 0.25) is 0 Å². The summed E-state index contributed by atoms with van der Waals surface area (Å²) in [6, 6.07) is 8.52. The molecule has 0 aromatic heterocycles. The average Bonchev–Trinajstić information content (AvgIpc) is 2.42. The molecule has 18 heavy (non-hydrogen) atoms. The van der Waals surface area contributed by atoms with Gasteiger partial charge in [0, 0.05) is 25.4 Å². The van der Waals surface area contributed by atoms with Gasteiger partial charge in [0.15, 0.2) is 0 Å². The van der Waals surface area contributed by atoms with E-state index in [2.05, 4.69) is 41.3 Å². The zero-order chi connectivity index (χ0) is 12.6. The van der Waals surface area contributed by atoms with Crippen LogP contribution in [-0.2, 0) is 17.9 Å². The highest BCUT2D eigenvalue weighted by molar-refractivity contribution is 7.99. The van der Waals surface area contributed by atoms with Crippen molar-refractivity contribution in [2.45, 2.75) is 37.7 Å². The summed E-state index contributed by atoms with van der Waals surface area (Å²) >= 11 is 2.13. The zero-order valence-electron chi connectivity index (χ0n) is 11.2. The van der Waals surface area contributed by atoms with Crippen molar-refractivity contribution in [3.05, 3.63) is 35.4 Å². The third-order valence-electron chi connectivity index (χ3n) is 3.38. The predicted octanol–water partition coefficient (Wildman–Crippen LogP) is 3.21. The summed E-state index contributed by atoms with van der Waals surface area (Å²) in [5, 5.41) is 4.41. The van der Waals surface area contributed by atoms with E-state index in [-0.39, 0.29) is 0 Å². The molecule has 0 bridgehead atoms. The van der Waals surface area contributed by atoms with Crippen molar-refractivity contribution in [2.24, 2.45) is 0 Å². The molecule has 0 amide bonds. The molecule has 1 aromatic carbocycles. The lowest BCUT2D eigenvalue weighted by molar-refractivity contribution is 0.184. The lowest BCUT2D eigenvalue weighted by Gasteiger charge is -2.21. The molecule has 1 aromatic rings. The Morgan fingerprint density at radius 1 is 1.28 bits per heavy atom. The minimum atomic E-state index is 0.704. The van der Waals surface area contributed by atoms with Crippen molar-refractivity contribution in [3.63, 3.8) is 0 Å². The van der Waals surface area contributed by atoms with Crippen LogP contribution in [0.3, 0.4) is 0 Å². The quantitative estimate of drug-likeness (QED) is 0.853. The van der Waals surface area contributed by atoms with Gasteiger partial charge in [-0.05, 0) is 29.7 Å². The Labute approximate surface area is 114 Å². The lowest BCUT2D eigenvalue weighted by Crippen LogP contribution is -2.26. The molecule has 3 heteroatoms. The van der Waals surface area contributed by atoms with Crippen molar-refractivity contribution in [1.29, 1.82) is 0 Å². The summed E-state index contributed by atoms with van der Waals surface area (Å²) in [4.78, 5) is 0. The number of ether oxygens (including phenoxy) is 1. The summed E-state index contributed by atoms with van der Waals surface area (Å²) in [5.41, 5.74) is 2.66. The molecule has 0 aliphatic carbocycles. The van der Waals surface area contributed by atoms with E-state index >= 15 is 0 Å². The highest BCUT2D eigenvalue weighted by atomic mass is 32.2. The van der Waals surface area contributed by atoms with Gasteiger partial charge in [0.05, 0.1) is 6.61 Å². The summed E-state index contributed by atoms with van der Waals surface area (Å²) in [7, 11) is 1.75. The van der Waals surface area contributed by atoms with Crippen LogP contribution >= 0.6 is 11.8 Å². The van der Waals surface area contributed by atoms with Crippen LogP contribution in [0.1, 0.15) is 30.4 Å². The third-order valence-corrected chi connectivity index (χ3v) is 4.78. The monoisotopic (exact) mass is 265 g/mol. The summed E-state index contributed by atoms with van der Waals surface area (Å²) in [6.07, 6.45) is 4.18. The zero-order valence-corrected chi connectivity index (χ0v) is 12.0. The molecule has 1 unspecified atom stereocenters. The molecule has 2 nitrogen and oxygen atoms in total. The maximum atomic E-state index is 5.23. The van der Waals surface area contributed by atoms with Gasteiger partial charge in [-0.1, -0.05) is 30.7 Å². The summed E-state index contributed by atoms with van der Waals surface area (Å²) < 4.78 is 5.23. The average molecular weight is 265 g/mol. The van der Waals surface area contributed by atoms with Crippen molar-refractivity contribution >= 4 is 11.8 Å². The van der Waals surface area contributed by atoms with Gasteiger partial charge in [0.2, 0.25) is 0 Å². The SMILES string of the molecule is COCc1ccccc1CNCC1CCCCS1. The highest BCUT2D eigenvalue weighted by Crippen LogP contribution is 2.24. The van der Waals surface area contributed by atoms with Crippen LogP contribution in [0.25, 0.3) is 0 Å². The second-order valence-corrected chi connectivity index (χ2v) is 6.23. The molecule has 100 valence electrons. The van der Waals surface area contributed by atoms with E-state index in [1.54, 1.807) is 7.11 Å². The molecule has 0 radical (unpaired) electrons. The van der Waals surface area contributed by atoms with Gasteiger partial charge >= 0.3 is 0 Å². The standard InChI is InChI=1S/C15H23NOS/c1-17-12-14-7-3-2-6-13(14)10-16-11-15-8-4-5-9-18-15/h2-3,6-7,15-16H,4-5,8-12H2,1H3. The third kappa shape index (κ3) is 4.30. The van der Waals surface area contributed by atoms with Crippen LogP contribution in [0.4, 0.5) is 0 Å². The first-order chi connectivity index (χ1) is 8.90. The number of thioether (sulfide) groups is 1. The Kier molecular flexibility index (Phi) is 6.05. The smallest absolute Gasteiger partial charge is 0.0716 e. The lowest BCUT2D eigenvalue weighted by atomic mass is 10.1. The van der Waals surface area contributed by atoms with Crippen LogP contribution in [0, 0.1) is 0 Å². The van der Waals surface area contributed by atoms with Gasteiger partial charge in [-0.2, -0.15) is 11.8 Å². The minimum absolute atomic E-state index is 0.704. The normalized spacial score (nSPS) is 19.9. The second-order valence-electron chi connectivity index (χ2n) is 4.82. The fourth-order valence-corrected chi connectivity index (χ4v) is 3.64. The molecule has 0 spiro atoms. The largest absolute Gasteiger partial charge is 0.380 e. The molecule has 1 N–H and O–H groups in total. The van der Waals surface area contributed by atoms with Crippen LogP contribution < -0.4 is 5.32 Å². The molecule has 1 aliphatic heterocycles. The van der Waals surface area contributed by atoms with E-state index in [1.165, 1.54) is 36.1 Å². The number of methoxy groups -OCH3 is 1. The van der Waals surface area contributed by atoms with E-state index in [1.807, 2.05) is 0 Å². The molecular formula is C15H23NOS. The molecule has 0 saturated carbocycles. The first kappa shape index (κ1) is 13.9. The Balaban J connectivity index is 1.78. The van der Waals surface area contributed by atoms with Crippen molar-refractivity contribution < 1.29 is 4.74 Å². The number of hydrogen-bond acceptors (Lipinski definition) is 3. The number of rotatable bonds is 6. The first-order valence-corrected chi connectivity index (χ1v) is 7.83. The Bertz CT molecular complexity index is 350. The fraction of sp³-hybridized carbons (Fsp3) is 0.600. The molecule has 1 saturated heterocycles. The Morgan fingerprint density at radius 3 is 2.83 bits per heavy atom. The topological polar surface area (TPSA) is 21.3 Å². The number of nitrogens with one attached hydrogen (secondary N) is 1. The molecule has 1 atom stereocenters. The van der Waals surface area contributed by atoms with E-state index < -0.39 is 0 Å². The maximum Gasteiger partial charge on any atom is 0.0716 e. The van der Waals surface area contributed by atoms with Crippen molar-refractivity contribution in [1.82, 2.24) is 5.32 Å². The van der Waals surface area contributed by atoms with Gasteiger partial charge < -0.3 is 10.1 Å². The van der Waals surface area contributed by atoms with E-state index in [9.17, 15) is 0 Å². The highest BCUT2D eigenvalue weighted by Gasteiger charge is 2.13. The molecular weight excluding hydrogens is 242 g/mol. The molecule has 1 fully saturated rings. The van der Waals surface area contributed by atoms with Gasteiger partial charge in [-0.3, -0.25) is 0 Å². The number of benzene rings is 1. The Morgan fingerprint density at radius 2 is 2.11 bits per heavy atom. The summed E-state index contributed by atoms with van der Waals surface area (Å²) in [5.74, 6) is 1.34. The maximum absolute atomic E-state index is 5.23. The van der Waals surface area contributed by atoms with Gasteiger partial charge in [0.1, 0.15) is 0 Å². The second kappa shape index (κ2) is 7.82. The predicted molar refractivity (Wildman–Crippen MR) is 79.0 cm³/mol. The van der Waals surface area contributed by atoms with Gasteiger partial charge in [0.25, 0.3) is 0 Å². The van der Waals surface area contributed by atoms with E-state index in [0.29, 0.717) is 6.61 Å². The van der Waals surface area contributed by atoms with Gasteiger partial charge in [-0.15, -0.1) is 0 Å². The van der Waals surface area contributed by atoms with Crippen LogP contribution in [0.15, 0.2) is 24.3 Å².